The van der Waals surface area contributed by atoms with Gasteiger partial charge in [0.2, 0.25) is 11.8 Å². The van der Waals surface area contributed by atoms with Crippen molar-refractivity contribution in [1.82, 2.24) is 9.88 Å². The third-order valence-corrected chi connectivity index (χ3v) is 3.68. The maximum Gasteiger partial charge on any atom is 0.323 e. The van der Waals surface area contributed by atoms with Gasteiger partial charge in [0.05, 0.1) is 0 Å². The van der Waals surface area contributed by atoms with Gasteiger partial charge in [-0.2, -0.15) is 0 Å². The van der Waals surface area contributed by atoms with E-state index in [1.54, 1.807) is 35.0 Å². The summed E-state index contributed by atoms with van der Waals surface area (Å²) in [6.07, 6.45) is 1.88. The number of nitrogens with one attached hydrogen (secondary N) is 2. The number of fused-ring (bicyclic) bond motifs is 1. The highest BCUT2D eigenvalue weighted by atomic mass is 16.4. The highest BCUT2D eigenvalue weighted by Gasteiger charge is 2.20. The van der Waals surface area contributed by atoms with Gasteiger partial charge in [-0.25, -0.2) is 0 Å². The highest BCUT2D eigenvalue weighted by molar-refractivity contribution is 5.94. The summed E-state index contributed by atoms with van der Waals surface area (Å²) in [4.78, 5) is 34.6. The highest BCUT2D eigenvalue weighted by Crippen LogP contribution is 2.20. The first kappa shape index (κ1) is 18.5. The Hall–Kier alpha value is -2.83. The van der Waals surface area contributed by atoms with Crippen molar-refractivity contribution >= 4 is 34.4 Å². The molecule has 7 nitrogen and oxygen atoms in total. The summed E-state index contributed by atoms with van der Waals surface area (Å²) in [5.41, 5.74) is 0.940. The van der Waals surface area contributed by atoms with Crippen LogP contribution >= 0.6 is 0 Å². The molecule has 3 N–H and O–H groups in total. The van der Waals surface area contributed by atoms with E-state index in [4.69, 9.17) is 5.11 Å². The van der Waals surface area contributed by atoms with Gasteiger partial charge < -0.3 is 20.3 Å². The number of carbonyl (C=O) groups excluding carboxylic acids is 2. The van der Waals surface area contributed by atoms with E-state index in [1.165, 1.54) is 0 Å². The van der Waals surface area contributed by atoms with Gasteiger partial charge in [-0.15, -0.1) is 0 Å². The molecule has 134 valence electrons. The molecular weight excluding hydrogens is 322 g/mol. The summed E-state index contributed by atoms with van der Waals surface area (Å²) in [5.74, 6) is -1.20. The van der Waals surface area contributed by atoms with Gasteiger partial charge in [-0.05, 0) is 24.3 Å². The van der Waals surface area contributed by atoms with Crippen molar-refractivity contribution in [1.29, 1.82) is 0 Å². The quantitative estimate of drug-likeness (QED) is 0.747. The number of aliphatic carboxylic acids is 1. The molecule has 0 unspecified atom stereocenters. The minimum absolute atomic E-state index is 0.0958. The van der Waals surface area contributed by atoms with Crippen LogP contribution < -0.4 is 10.6 Å². The minimum Gasteiger partial charge on any atom is -0.480 e. The number of carboxylic acids is 1. The van der Waals surface area contributed by atoms with Crippen molar-refractivity contribution in [2.45, 2.75) is 33.7 Å². The first-order chi connectivity index (χ1) is 11.7. The number of benzene rings is 1. The van der Waals surface area contributed by atoms with Gasteiger partial charge in [-0.1, -0.05) is 20.8 Å². The fraction of sp³-hybridized carbons (Fsp3) is 0.389. The fourth-order valence-electron chi connectivity index (χ4n) is 2.34. The number of aromatic nitrogens is 1. The van der Waals surface area contributed by atoms with Crippen molar-refractivity contribution in [3.8, 4) is 0 Å². The lowest BCUT2D eigenvalue weighted by Gasteiger charge is -2.17. The molecule has 0 saturated carbocycles. The molecule has 0 atom stereocenters. The number of carboxylic acid groups (broad SMARTS) is 1. The third kappa shape index (κ3) is 5.07. The first-order valence-electron chi connectivity index (χ1n) is 8.05. The summed E-state index contributed by atoms with van der Waals surface area (Å²) in [6, 6.07) is 7.10. The summed E-state index contributed by atoms with van der Waals surface area (Å²) in [7, 11) is 0. The van der Waals surface area contributed by atoms with Crippen molar-refractivity contribution in [2.75, 3.05) is 11.9 Å². The van der Waals surface area contributed by atoms with E-state index >= 15 is 0 Å². The molecule has 0 aliphatic heterocycles. The Morgan fingerprint density at radius 2 is 1.88 bits per heavy atom. The van der Waals surface area contributed by atoms with Crippen LogP contribution in [0.5, 0.6) is 0 Å². The second kappa shape index (κ2) is 7.38. The number of rotatable bonds is 6. The molecule has 1 heterocycles. The van der Waals surface area contributed by atoms with Crippen molar-refractivity contribution in [2.24, 2.45) is 5.41 Å². The van der Waals surface area contributed by atoms with Gasteiger partial charge in [-0.3, -0.25) is 14.4 Å². The van der Waals surface area contributed by atoms with Gasteiger partial charge in [0, 0.05) is 41.2 Å². The van der Waals surface area contributed by atoms with Crippen LogP contribution in [0.2, 0.25) is 0 Å². The van der Waals surface area contributed by atoms with Crippen LogP contribution in [0.3, 0.4) is 0 Å². The SMILES string of the molecule is CC(C)(C)C(=O)NCCC(=O)Nc1ccc2c(ccn2CC(=O)O)c1. The molecule has 1 aromatic heterocycles. The van der Waals surface area contributed by atoms with E-state index in [1.807, 2.05) is 20.8 Å². The van der Waals surface area contributed by atoms with Crippen LogP contribution in [-0.2, 0) is 20.9 Å². The Morgan fingerprint density at radius 3 is 2.52 bits per heavy atom. The topological polar surface area (TPSA) is 100 Å². The Kier molecular flexibility index (Phi) is 5.46. The van der Waals surface area contributed by atoms with Crippen LogP contribution in [0.15, 0.2) is 30.5 Å². The molecule has 7 heteroatoms. The summed E-state index contributed by atoms with van der Waals surface area (Å²) in [6.45, 7) is 5.61. The molecule has 2 amide bonds. The third-order valence-electron chi connectivity index (χ3n) is 3.68. The number of amides is 2. The molecule has 2 rings (SSSR count). The molecule has 1 aromatic carbocycles. The van der Waals surface area contributed by atoms with E-state index in [0.717, 1.165) is 10.9 Å². The summed E-state index contributed by atoms with van der Waals surface area (Å²) < 4.78 is 1.63. The monoisotopic (exact) mass is 345 g/mol. The lowest BCUT2D eigenvalue weighted by atomic mass is 9.96. The van der Waals surface area contributed by atoms with Crippen molar-refractivity contribution < 1.29 is 19.5 Å². The Bertz CT molecular complexity index is 802. The maximum atomic E-state index is 12.0. The van der Waals surface area contributed by atoms with E-state index in [-0.39, 0.29) is 31.3 Å². The predicted octanol–water partition coefficient (Wildman–Crippen LogP) is 2.22. The molecule has 0 aliphatic rings. The number of hydrogen-bond donors (Lipinski definition) is 3. The van der Waals surface area contributed by atoms with Crippen LogP contribution in [-0.4, -0.2) is 34.0 Å². The molecule has 0 radical (unpaired) electrons. The second-order valence-electron chi connectivity index (χ2n) is 6.92. The van der Waals surface area contributed by atoms with E-state index in [9.17, 15) is 14.4 Å². The summed E-state index contributed by atoms with van der Waals surface area (Å²) >= 11 is 0. The van der Waals surface area contributed by atoms with Gasteiger partial charge in [0.15, 0.2) is 0 Å². The van der Waals surface area contributed by atoms with Crippen molar-refractivity contribution in [3.63, 3.8) is 0 Å². The van der Waals surface area contributed by atoms with Crippen molar-refractivity contribution in [3.05, 3.63) is 30.5 Å². The molecule has 2 aromatic rings. The normalized spacial score (nSPS) is 11.3. The zero-order valence-corrected chi connectivity index (χ0v) is 14.6. The van der Waals surface area contributed by atoms with Crippen LogP contribution in [0, 0.1) is 5.41 Å². The summed E-state index contributed by atoms with van der Waals surface area (Å²) in [5, 5.41) is 15.2. The zero-order valence-electron chi connectivity index (χ0n) is 14.6. The zero-order chi connectivity index (χ0) is 18.6. The van der Waals surface area contributed by atoms with E-state index in [0.29, 0.717) is 5.69 Å². The van der Waals surface area contributed by atoms with Gasteiger partial charge in [0.25, 0.3) is 0 Å². The average Bonchev–Trinajstić information content (AvgIpc) is 2.87. The molecule has 0 fully saturated rings. The van der Waals surface area contributed by atoms with Crippen LogP contribution in [0.25, 0.3) is 10.9 Å². The smallest absolute Gasteiger partial charge is 0.323 e. The average molecular weight is 345 g/mol. The first-order valence-corrected chi connectivity index (χ1v) is 8.05. The van der Waals surface area contributed by atoms with E-state index < -0.39 is 11.4 Å². The lowest BCUT2D eigenvalue weighted by molar-refractivity contribution is -0.137. The van der Waals surface area contributed by atoms with Gasteiger partial charge in [0.1, 0.15) is 6.54 Å². The largest absolute Gasteiger partial charge is 0.480 e. The second-order valence-corrected chi connectivity index (χ2v) is 6.92. The fourth-order valence-corrected chi connectivity index (χ4v) is 2.34. The number of carbonyl (C=O) groups is 3. The maximum absolute atomic E-state index is 12.0. The molecule has 25 heavy (non-hydrogen) atoms. The molecule has 0 saturated heterocycles. The van der Waals surface area contributed by atoms with Crippen LogP contribution in [0.1, 0.15) is 27.2 Å². The van der Waals surface area contributed by atoms with Gasteiger partial charge >= 0.3 is 5.97 Å². The Balaban J connectivity index is 1.93. The Morgan fingerprint density at radius 1 is 1.16 bits per heavy atom. The van der Waals surface area contributed by atoms with E-state index in [2.05, 4.69) is 10.6 Å². The molecular formula is C18H23N3O4. The molecule has 0 spiro atoms. The predicted molar refractivity (Wildman–Crippen MR) is 95.3 cm³/mol. The Labute approximate surface area is 146 Å². The number of anilines is 1. The number of nitrogens with zero attached hydrogens (tertiary/aromatic N) is 1. The molecule has 0 aliphatic carbocycles. The minimum atomic E-state index is -0.910. The van der Waals surface area contributed by atoms with Crippen LogP contribution in [0.4, 0.5) is 5.69 Å². The standard InChI is InChI=1S/C18H23N3O4/c1-18(2,3)17(25)19-8-6-15(22)20-13-4-5-14-12(10-13)7-9-21(14)11-16(23)24/h4-5,7,9-10H,6,8,11H2,1-3H3,(H,19,25)(H,20,22)(H,23,24). The number of hydrogen-bond acceptors (Lipinski definition) is 3. The molecule has 0 bridgehead atoms. The lowest BCUT2D eigenvalue weighted by Crippen LogP contribution is -2.36.